The summed E-state index contributed by atoms with van der Waals surface area (Å²) in [5.74, 6) is 0.275. The van der Waals surface area contributed by atoms with Crippen LogP contribution < -0.4 is 0 Å². The Labute approximate surface area is 142 Å². The lowest BCUT2D eigenvalue weighted by molar-refractivity contribution is -0.135. The molecule has 1 aromatic heterocycles. The van der Waals surface area contributed by atoms with Crippen molar-refractivity contribution >= 4 is 17.2 Å². The second-order valence-corrected chi connectivity index (χ2v) is 7.27. The van der Waals surface area contributed by atoms with Crippen molar-refractivity contribution in [1.82, 2.24) is 14.7 Å². The number of thiophene rings is 1. The molecule has 2 aliphatic rings. The van der Waals surface area contributed by atoms with Crippen LogP contribution in [-0.4, -0.2) is 85.7 Å². The van der Waals surface area contributed by atoms with E-state index in [4.69, 9.17) is 4.74 Å². The molecule has 1 atom stereocenters. The molecule has 0 bridgehead atoms. The van der Waals surface area contributed by atoms with Gasteiger partial charge in [-0.2, -0.15) is 11.3 Å². The molecule has 6 heteroatoms. The largest absolute Gasteiger partial charge is 0.379 e. The van der Waals surface area contributed by atoms with Gasteiger partial charge in [0.2, 0.25) is 5.91 Å². The second-order valence-electron chi connectivity index (χ2n) is 6.49. The van der Waals surface area contributed by atoms with Crippen molar-refractivity contribution in [3.05, 3.63) is 22.4 Å². The number of piperazine rings is 1. The molecule has 1 unspecified atom stereocenters. The van der Waals surface area contributed by atoms with Gasteiger partial charge in [-0.05, 0) is 35.7 Å². The van der Waals surface area contributed by atoms with Gasteiger partial charge in [0.15, 0.2) is 0 Å². The highest BCUT2D eigenvalue weighted by Gasteiger charge is 2.25. The van der Waals surface area contributed by atoms with Crippen molar-refractivity contribution in [2.75, 3.05) is 59.0 Å². The van der Waals surface area contributed by atoms with Crippen molar-refractivity contribution in [2.45, 2.75) is 19.4 Å². The molecule has 2 aliphatic heterocycles. The molecule has 2 fully saturated rings. The number of hydrogen-bond donors (Lipinski definition) is 0. The summed E-state index contributed by atoms with van der Waals surface area (Å²) < 4.78 is 5.34. The topological polar surface area (TPSA) is 36.0 Å². The minimum absolute atomic E-state index is 0.275. The van der Waals surface area contributed by atoms with Crippen molar-refractivity contribution in [3.63, 3.8) is 0 Å². The first-order chi connectivity index (χ1) is 11.2. The maximum Gasteiger partial charge on any atom is 0.236 e. The van der Waals surface area contributed by atoms with Gasteiger partial charge in [0.25, 0.3) is 0 Å². The van der Waals surface area contributed by atoms with Crippen LogP contribution >= 0.6 is 11.3 Å². The smallest absolute Gasteiger partial charge is 0.236 e. The Kier molecular flexibility index (Phi) is 6.05. The van der Waals surface area contributed by atoms with Gasteiger partial charge in [-0.1, -0.05) is 0 Å². The molecule has 0 spiro atoms. The van der Waals surface area contributed by atoms with E-state index >= 15 is 0 Å². The van der Waals surface area contributed by atoms with Gasteiger partial charge >= 0.3 is 0 Å². The lowest BCUT2D eigenvalue weighted by atomic mass is 10.1. The number of ether oxygens (including phenoxy) is 1. The molecule has 0 N–H and O–H groups in total. The van der Waals surface area contributed by atoms with E-state index in [1.54, 1.807) is 11.3 Å². The molecule has 1 amide bonds. The Bertz CT molecular complexity index is 480. The summed E-state index contributed by atoms with van der Waals surface area (Å²) in [6.45, 7) is 9.79. The Hall–Kier alpha value is -0.950. The van der Waals surface area contributed by atoms with Gasteiger partial charge in [0.05, 0.1) is 19.8 Å². The average molecular weight is 337 g/mol. The van der Waals surface area contributed by atoms with Gasteiger partial charge in [-0.15, -0.1) is 0 Å². The standard InChI is InChI=1S/C17H27N3O2S/c1-15(12-16-2-11-23-14-16)19-3-5-20(6-4-19)17(21)13-18-7-9-22-10-8-18/h2,11,14-15H,3-10,12-13H2,1H3. The highest BCUT2D eigenvalue weighted by molar-refractivity contribution is 7.07. The van der Waals surface area contributed by atoms with Crippen LogP contribution in [0.2, 0.25) is 0 Å². The SMILES string of the molecule is CC(Cc1ccsc1)N1CCN(C(=O)CN2CCOCC2)CC1. The summed E-state index contributed by atoms with van der Waals surface area (Å²) in [6.07, 6.45) is 1.10. The second kappa shape index (κ2) is 8.24. The Morgan fingerprint density at radius 1 is 1.22 bits per heavy atom. The molecule has 0 aliphatic carbocycles. The summed E-state index contributed by atoms with van der Waals surface area (Å²) in [5.41, 5.74) is 1.42. The average Bonchev–Trinajstić information content (AvgIpc) is 3.09. The van der Waals surface area contributed by atoms with Crippen LogP contribution in [0.1, 0.15) is 12.5 Å². The fourth-order valence-electron chi connectivity index (χ4n) is 3.34. The predicted molar refractivity (Wildman–Crippen MR) is 92.9 cm³/mol. The molecular weight excluding hydrogens is 310 g/mol. The van der Waals surface area contributed by atoms with E-state index in [0.717, 1.165) is 58.9 Å². The molecule has 0 radical (unpaired) electrons. The van der Waals surface area contributed by atoms with Crippen molar-refractivity contribution < 1.29 is 9.53 Å². The summed E-state index contributed by atoms with van der Waals surface area (Å²) in [4.78, 5) is 19.2. The zero-order chi connectivity index (χ0) is 16.1. The lowest BCUT2D eigenvalue weighted by Gasteiger charge is -2.39. The zero-order valence-corrected chi connectivity index (χ0v) is 14.8. The number of hydrogen-bond acceptors (Lipinski definition) is 5. The summed E-state index contributed by atoms with van der Waals surface area (Å²) >= 11 is 1.76. The highest BCUT2D eigenvalue weighted by Crippen LogP contribution is 2.14. The van der Waals surface area contributed by atoms with Crippen LogP contribution in [0.5, 0.6) is 0 Å². The van der Waals surface area contributed by atoms with Gasteiger partial charge in [-0.25, -0.2) is 0 Å². The number of nitrogens with zero attached hydrogens (tertiary/aromatic N) is 3. The number of rotatable bonds is 5. The van der Waals surface area contributed by atoms with Crippen LogP contribution in [0.3, 0.4) is 0 Å². The first-order valence-electron chi connectivity index (χ1n) is 8.55. The number of amides is 1. The van der Waals surface area contributed by atoms with Crippen LogP contribution in [0, 0.1) is 0 Å². The first kappa shape index (κ1) is 16.9. The monoisotopic (exact) mass is 337 g/mol. The molecule has 1 aromatic rings. The Morgan fingerprint density at radius 3 is 2.61 bits per heavy atom. The number of carbonyl (C=O) groups is 1. The number of morpholine rings is 1. The van der Waals surface area contributed by atoms with E-state index in [2.05, 4.69) is 33.6 Å². The molecule has 128 valence electrons. The van der Waals surface area contributed by atoms with Crippen LogP contribution in [0.25, 0.3) is 0 Å². The number of carbonyl (C=O) groups excluding carboxylic acids is 1. The van der Waals surface area contributed by atoms with Gasteiger partial charge in [-0.3, -0.25) is 14.6 Å². The fraction of sp³-hybridized carbons (Fsp3) is 0.706. The minimum Gasteiger partial charge on any atom is -0.379 e. The van der Waals surface area contributed by atoms with Gasteiger partial charge in [0.1, 0.15) is 0 Å². The first-order valence-corrected chi connectivity index (χ1v) is 9.49. The van der Waals surface area contributed by atoms with Gasteiger partial charge < -0.3 is 9.64 Å². The summed E-state index contributed by atoms with van der Waals surface area (Å²) in [7, 11) is 0. The Morgan fingerprint density at radius 2 is 1.96 bits per heavy atom. The molecular formula is C17H27N3O2S. The van der Waals surface area contributed by atoms with Crippen LogP contribution in [0.15, 0.2) is 16.8 Å². The maximum absolute atomic E-state index is 12.4. The normalized spacial score (nSPS) is 22.2. The third-order valence-electron chi connectivity index (χ3n) is 4.86. The minimum atomic E-state index is 0.275. The van der Waals surface area contributed by atoms with Crippen molar-refractivity contribution in [2.24, 2.45) is 0 Å². The summed E-state index contributed by atoms with van der Waals surface area (Å²) in [6, 6.07) is 2.75. The molecule has 23 heavy (non-hydrogen) atoms. The van der Waals surface area contributed by atoms with E-state index in [0.29, 0.717) is 12.6 Å². The third kappa shape index (κ3) is 4.76. The highest BCUT2D eigenvalue weighted by atomic mass is 32.1. The fourth-order valence-corrected chi connectivity index (χ4v) is 4.02. The van der Waals surface area contributed by atoms with E-state index < -0.39 is 0 Å². The van der Waals surface area contributed by atoms with E-state index in [1.165, 1.54) is 5.56 Å². The van der Waals surface area contributed by atoms with E-state index in [9.17, 15) is 4.79 Å². The molecule has 0 aromatic carbocycles. The van der Waals surface area contributed by atoms with Crippen LogP contribution in [-0.2, 0) is 16.0 Å². The summed E-state index contributed by atoms with van der Waals surface area (Å²) in [5, 5.41) is 4.38. The molecule has 3 heterocycles. The molecule has 0 saturated carbocycles. The Balaban J connectivity index is 1.41. The van der Waals surface area contributed by atoms with Crippen molar-refractivity contribution in [1.29, 1.82) is 0 Å². The predicted octanol–water partition coefficient (Wildman–Crippen LogP) is 1.16. The van der Waals surface area contributed by atoms with E-state index in [1.807, 2.05) is 4.90 Å². The third-order valence-corrected chi connectivity index (χ3v) is 5.60. The zero-order valence-electron chi connectivity index (χ0n) is 13.9. The van der Waals surface area contributed by atoms with E-state index in [-0.39, 0.29) is 5.91 Å². The quantitative estimate of drug-likeness (QED) is 0.808. The van der Waals surface area contributed by atoms with Crippen LogP contribution in [0.4, 0.5) is 0 Å². The molecule has 2 saturated heterocycles. The lowest BCUT2D eigenvalue weighted by Crippen LogP contribution is -2.54. The molecule has 5 nitrogen and oxygen atoms in total. The van der Waals surface area contributed by atoms with Crippen molar-refractivity contribution in [3.8, 4) is 0 Å². The maximum atomic E-state index is 12.4. The molecule has 3 rings (SSSR count). The van der Waals surface area contributed by atoms with Gasteiger partial charge in [0, 0.05) is 45.3 Å².